The van der Waals surface area contributed by atoms with Crippen LogP contribution in [-0.2, 0) is 41.2 Å². The zero-order valence-corrected chi connectivity index (χ0v) is 9.87. The van der Waals surface area contributed by atoms with E-state index in [4.69, 9.17) is 19.9 Å². The Labute approximate surface area is 106 Å². The van der Waals surface area contributed by atoms with Crippen molar-refractivity contribution in [3.63, 3.8) is 0 Å². The summed E-state index contributed by atoms with van der Waals surface area (Å²) in [4.78, 5) is 10.8. The van der Waals surface area contributed by atoms with Crippen molar-refractivity contribution in [1.82, 2.24) is 0 Å². The Bertz CT molecular complexity index is 427. The van der Waals surface area contributed by atoms with Crippen LogP contribution >= 0.6 is 0 Å². The number of hydrogen-bond donors (Lipinski definition) is 4. The summed E-state index contributed by atoms with van der Waals surface area (Å²) in [5.74, 6) is -3.51. The van der Waals surface area contributed by atoms with E-state index < -0.39 is 46.7 Å². The fourth-order valence-corrected chi connectivity index (χ4v) is 1.41. The van der Waals surface area contributed by atoms with Crippen LogP contribution in [0, 0.1) is 0 Å². The largest absolute Gasteiger partial charge is 0.499 e. The molecule has 100 valence electrons. The first-order valence-corrected chi connectivity index (χ1v) is 5.22. The van der Waals surface area contributed by atoms with E-state index in [2.05, 4.69) is 8.92 Å². The normalized spacial score (nSPS) is 21.8. The summed E-state index contributed by atoms with van der Waals surface area (Å²) >= 11 is 0. The van der Waals surface area contributed by atoms with Gasteiger partial charge in [0, 0.05) is 17.1 Å². The summed E-state index contributed by atoms with van der Waals surface area (Å²) in [6, 6.07) is 0. The van der Waals surface area contributed by atoms with Crippen LogP contribution in [0.15, 0.2) is 11.5 Å². The quantitative estimate of drug-likeness (QED) is 0.259. The van der Waals surface area contributed by atoms with E-state index in [1.165, 1.54) is 0 Å². The number of aliphatic hydroxyl groups is 3. The van der Waals surface area contributed by atoms with Gasteiger partial charge in [-0.15, -0.1) is 0 Å². The molecular formula is C6H8FeO9S. The van der Waals surface area contributed by atoms with E-state index in [1.807, 2.05) is 0 Å². The number of hydrogen-bond acceptors (Lipinski definition) is 8. The van der Waals surface area contributed by atoms with Crippen LogP contribution in [-0.4, -0.2) is 53.1 Å². The van der Waals surface area contributed by atoms with Crippen LogP contribution in [0.1, 0.15) is 0 Å². The Kier molecular flexibility index (Phi) is 5.39. The van der Waals surface area contributed by atoms with Crippen molar-refractivity contribution in [3.8, 4) is 0 Å². The Hall–Kier alpha value is -0.841. The van der Waals surface area contributed by atoms with Gasteiger partial charge < -0.3 is 24.2 Å². The van der Waals surface area contributed by atoms with Gasteiger partial charge in [0.15, 0.2) is 6.10 Å². The number of carbonyl (C=O) groups is 1. The van der Waals surface area contributed by atoms with Gasteiger partial charge in [0.1, 0.15) is 6.10 Å². The number of cyclic esters (lactones) is 1. The van der Waals surface area contributed by atoms with Crippen molar-refractivity contribution < 1.29 is 59.1 Å². The third-order valence-electron chi connectivity index (χ3n) is 1.65. The second-order valence-corrected chi connectivity index (χ2v) is 3.82. The van der Waals surface area contributed by atoms with Gasteiger partial charge in [0.05, 0.1) is 6.61 Å². The van der Waals surface area contributed by atoms with Crippen molar-refractivity contribution >= 4 is 16.4 Å². The molecule has 0 aromatic rings. The average molecular weight is 312 g/mol. The molecule has 4 N–H and O–H groups in total. The smallest absolute Gasteiger partial charge is 0.446 e. The SMILES string of the molecule is O=C1O[C@H]([C@@H](O)CO)C(OS(=O)(=O)O)=C1O.[Fe]. The van der Waals surface area contributed by atoms with Crippen molar-refractivity contribution in [2.75, 3.05) is 6.61 Å². The van der Waals surface area contributed by atoms with Crippen molar-refractivity contribution in [1.29, 1.82) is 0 Å². The second kappa shape index (κ2) is 5.67. The van der Waals surface area contributed by atoms with Gasteiger partial charge in [0.25, 0.3) is 0 Å². The van der Waals surface area contributed by atoms with Gasteiger partial charge in [-0.05, 0) is 0 Å². The van der Waals surface area contributed by atoms with Crippen LogP contribution in [0.5, 0.6) is 0 Å². The molecule has 1 aliphatic heterocycles. The summed E-state index contributed by atoms with van der Waals surface area (Å²) in [7, 11) is -4.98. The number of esters is 1. The van der Waals surface area contributed by atoms with Crippen LogP contribution in [0.4, 0.5) is 0 Å². The molecule has 0 saturated carbocycles. The fourth-order valence-electron chi connectivity index (χ4n) is 1.01. The van der Waals surface area contributed by atoms with Crippen LogP contribution < -0.4 is 0 Å². The maximum atomic E-state index is 10.8. The first-order valence-electron chi connectivity index (χ1n) is 3.86. The monoisotopic (exact) mass is 312 g/mol. The third kappa shape index (κ3) is 3.84. The molecule has 1 rings (SSSR count). The van der Waals surface area contributed by atoms with E-state index in [0.717, 1.165) is 0 Å². The number of rotatable bonds is 4. The molecular weight excluding hydrogens is 304 g/mol. The van der Waals surface area contributed by atoms with Gasteiger partial charge in [0.2, 0.25) is 11.5 Å². The first kappa shape index (κ1) is 16.2. The maximum absolute atomic E-state index is 10.8. The molecule has 0 radical (unpaired) electrons. The molecule has 0 aromatic heterocycles. The van der Waals surface area contributed by atoms with Gasteiger partial charge in [-0.25, -0.2) is 4.79 Å². The number of carbonyl (C=O) groups excluding carboxylic acids is 1. The predicted octanol–water partition coefficient (Wildman–Crippen LogP) is -2.15. The Morgan fingerprint density at radius 3 is 2.41 bits per heavy atom. The fraction of sp³-hybridized carbons (Fsp3) is 0.500. The molecule has 11 heteroatoms. The Balaban J connectivity index is 0.00000256. The Morgan fingerprint density at radius 2 is 2.00 bits per heavy atom. The standard InChI is InChI=1S/C6H8O9S.Fe/c7-1-2(8)4-5(15-16(11,12)13)3(9)6(10)14-4;/h2,4,7-9H,1H2,(H,11,12,13);/t2-,4+;/m0./s1. The van der Waals surface area contributed by atoms with Crippen LogP contribution in [0.25, 0.3) is 0 Å². The molecule has 1 aliphatic rings. The van der Waals surface area contributed by atoms with E-state index in [0.29, 0.717) is 0 Å². The maximum Gasteiger partial charge on any atom is 0.446 e. The predicted molar refractivity (Wildman–Crippen MR) is 45.3 cm³/mol. The van der Waals surface area contributed by atoms with Gasteiger partial charge in [-0.2, -0.15) is 8.42 Å². The Morgan fingerprint density at radius 1 is 1.47 bits per heavy atom. The summed E-state index contributed by atoms with van der Waals surface area (Å²) in [5.41, 5.74) is 0. The summed E-state index contributed by atoms with van der Waals surface area (Å²) in [5, 5.41) is 26.7. The topological polar surface area (TPSA) is 151 Å². The van der Waals surface area contributed by atoms with E-state index in [1.54, 1.807) is 0 Å². The van der Waals surface area contributed by atoms with Crippen molar-refractivity contribution in [3.05, 3.63) is 11.5 Å². The van der Waals surface area contributed by atoms with E-state index in [9.17, 15) is 13.2 Å². The van der Waals surface area contributed by atoms with Crippen molar-refractivity contribution in [2.24, 2.45) is 0 Å². The molecule has 0 amide bonds. The van der Waals surface area contributed by atoms with Crippen LogP contribution in [0.2, 0.25) is 0 Å². The zero-order valence-electron chi connectivity index (χ0n) is 7.95. The van der Waals surface area contributed by atoms with Gasteiger partial charge in [-0.1, -0.05) is 0 Å². The van der Waals surface area contributed by atoms with E-state index in [-0.39, 0.29) is 17.1 Å². The minimum absolute atomic E-state index is 0. The zero-order chi connectivity index (χ0) is 12.5. The van der Waals surface area contributed by atoms with Gasteiger partial charge >= 0.3 is 16.4 Å². The molecule has 0 fully saturated rings. The minimum Gasteiger partial charge on any atom is -0.499 e. The molecule has 17 heavy (non-hydrogen) atoms. The molecule has 0 saturated heterocycles. The van der Waals surface area contributed by atoms with Gasteiger partial charge in [-0.3, -0.25) is 4.55 Å². The molecule has 2 atom stereocenters. The minimum atomic E-state index is -4.98. The third-order valence-corrected chi connectivity index (χ3v) is 2.04. The molecule has 1 heterocycles. The molecule has 0 spiro atoms. The number of ether oxygens (including phenoxy) is 1. The number of aliphatic hydroxyl groups excluding tert-OH is 3. The summed E-state index contributed by atoms with van der Waals surface area (Å²) in [6.07, 6.45) is -3.38. The van der Waals surface area contributed by atoms with Crippen molar-refractivity contribution in [2.45, 2.75) is 12.2 Å². The molecule has 0 unspecified atom stereocenters. The average Bonchev–Trinajstić information content (AvgIpc) is 2.43. The second-order valence-electron chi connectivity index (χ2n) is 2.80. The van der Waals surface area contributed by atoms with E-state index >= 15 is 0 Å². The molecule has 0 aromatic carbocycles. The molecule has 9 nitrogen and oxygen atoms in total. The molecule has 0 bridgehead atoms. The summed E-state index contributed by atoms with van der Waals surface area (Å²) in [6.45, 7) is -0.871. The first-order chi connectivity index (χ1) is 7.26. The van der Waals surface area contributed by atoms with Crippen LogP contribution in [0.3, 0.4) is 0 Å². The summed E-state index contributed by atoms with van der Waals surface area (Å²) < 4.78 is 37.3. The molecule has 0 aliphatic carbocycles.